The van der Waals surface area contributed by atoms with Gasteiger partial charge in [0.15, 0.2) is 0 Å². The number of hydrogen-bond acceptors (Lipinski definition) is 4. The molecule has 0 aromatic heterocycles. The van der Waals surface area contributed by atoms with E-state index in [2.05, 4.69) is 4.99 Å². The largest absolute Gasteiger partial charge is 0.494 e. The van der Waals surface area contributed by atoms with Crippen LogP contribution in [0.3, 0.4) is 0 Å². The zero-order valence-electron chi connectivity index (χ0n) is 8.84. The second kappa shape index (κ2) is 4.61. The first-order valence-corrected chi connectivity index (χ1v) is 4.99. The van der Waals surface area contributed by atoms with Crippen LogP contribution in [0.15, 0.2) is 41.4 Å². The van der Waals surface area contributed by atoms with Crippen LogP contribution in [0.25, 0.3) is 0 Å². The summed E-state index contributed by atoms with van der Waals surface area (Å²) in [4.78, 5) is 14.9. The molecule has 1 aromatic carbocycles. The number of carbonyl (C=O) groups is 1. The molecule has 0 bridgehead atoms. The van der Waals surface area contributed by atoms with Crippen LogP contribution in [0, 0.1) is 0 Å². The van der Waals surface area contributed by atoms with Crippen LogP contribution < -0.4 is 4.74 Å². The van der Waals surface area contributed by atoms with Gasteiger partial charge in [0.2, 0.25) is 5.90 Å². The maximum atomic E-state index is 10.8. The molecule has 0 N–H and O–H groups in total. The molecule has 0 atom stereocenters. The highest BCUT2D eigenvalue weighted by atomic mass is 16.5. The van der Waals surface area contributed by atoms with Gasteiger partial charge in [0, 0.05) is 12.2 Å². The lowest BCUT2D eigenvalue weighted by atomic mass is 10.3. The fourth-order valence-corrected chi connectivity index (χ4v) is 1.28. The summed E-state index contributed by atoms with van der Waals surface area (Å²) in [5, 5.41) is 0. The third-order valence-electron chi connectivity index (χ3n) is 1.95. The number of nitrogens with zero attached hydrogens (tertiary/aromatic N) is 1. The summed E-state index contributed by atoms with van der Waals surface area (Å²) in [6, 6.07) is 7.25. The van der Waals surface area contributed by atoms with E-state index in [1.807, 2.05) is 19.1 Å². The molecule has 2 rings (SSSR count). The van der Waals surface area contributed by atoms with Crippen LogP contribution in [0.1, 0.15) is 6.92 Å². The Bertz CT molecular complexity index is 446. The van der Waals surface area contributed by atoms with Crippen molar-refractivity contribution in [1.82, 2.24) is 0 Å². The number of benzene rings is 1. The van der Waals surface area contributed by atoms with Gasteiger partial charge in [0.1, 0.15) is 5.75 Å². The summed E-state index contributed by atoms with van der Waals surface area (Å²) in [5.74, 6) is 0.726. The Kier molecular flexibility index (Phi) is 3.00. The first-order chi connectivity index (χ1) is 7.78. The second-order valence-corrected chi connectivity index (χ2v) is 3.13. The summed E-state index contributed by atoms with van der Waals surface area (Å²) >= 11 is 0. The molecular weight excluding hydrogens is 206 g/mol. The Morgan fingerprint density at radius 1 is 1.25 bits per heavy atom. The minimum Gasteiger partial charge on any atom is -0.494 e. The molecule has 16 heavy (non-hydrogen) atoms. The van der Waals surface area contributed by atoms with E-state index in [0.717, 1.165) is 11.4 Å². The smallest absolute Gasteiger partial charge is 0.337 e. The van der Waals surface area contributed by atoms with E-state index < -0.39 is 0 Å². The third kappa shape index (κ3) is 2.48. The molecule has 1 aromatic rings. The number of esters is 1. The number of ether oxygens (including phenoxy) is 2. The van der Waals surface area contributed by atoms with Gasteiger partial charge in [0.05, 0.1) is 12.3 Å². The number of hydrogen-bond donors (Lipinski definition) is 0. The van der Waals surface area contributed by atoms with Gasteiger partial charge in [-0.25, -0.2) is 9.79 Å². The molecule has 0 radical (unpaired) electrons. The van der Waals surface area contributed by atoms with E-state index in [1.54, 1.807) is 18.2 Å². The minimum absolute atomic E-state index is 0.314. The lowest BCUT2D eigenvalue weighted by Gasteiger charge is -2.02. The third-order valence-corrected chi connectivity index (χ3v) is 1.95. The molecule has 0 saturated carbocycles. The van der Waals surface area contributed by atoms with E-state index in [0.29, 0.717) is 12.5 Å². The monoisotopic (exact) mass is 217 g/mol. The predicted molar refractivity (Wildman–Crippen MR) is 59.9 cm³/mol. The first kappa shape index (κ1) is 10.4. The molecule has 4 nitrogen and oxygen atoms in total. The summed E-state index contributed by atoms with van der Waals surface area (Å²) < 4.78 is 10.1. The van der Waals surface area contributed by atoms with Gasteiger partial charge in [-0.15, -0.1) is 0 Å². The normalized spacial score (nSPS) is 16.6. The van der Waals surface area contributed by atoms with Gasteiger partial charge in [0.25, 0.3) is 0 Å². The van der Waals surface area contributed by atoms with Crippen LogP contribution in [0.5, 0.6) is 5.75 Å². The number of carbonyl (C=O) groups excluding carboxylic acids is 1. The molecule has 1 aliphatic heterocycles. The lowest BCUT2D eigenvalue weighted by molar-refractivity contribution is -0.129. The molecular formula is C12H11NO3. The lowest BCUT2D eigenvalue weighted by Crippen LogP contribution is -1.98. The molecule has 1 aliphatic rings. The maximum Gasteiger partial charge on any atom is 0.337 e. The van der Waals surface area contributed by atoms with Gasteiger partial charge < -0.3 is 9.47 Å². The molecule has 0 spiro atoms. The van der Waals surface area contributed by atoms with Gasteiger partial charge in [-0.05, 0) is 31.2 Å². The second-order valence-electron chi connectivity index (χ2n) is 3.13. The highest BCUT2D eigenvalue weighted by Crippen LogP contribution is 2.19. The molecule has 82 valence electrons. The van der Waals surface area contributed by atoms with E-state index in [4.69, 9.17) is 9.47 Å². The summed E-state index contributed by atoms with van der Waals surface area (Å²) in [5.41, 5.74) is 0.720. The molecule has 1 heterocycles. The summed E-state index contributed by atoms with van der Waals surface area (Å²) in [6.45, 7) is 2.56. The Hall–Kier alpha value is -2.10. The SMILES string of the molecule is CCOc1ccc(N=C2C=CC(=O)O2)cc1. The van der Waals surface area contributed by atoms with Crippen molar-refractivity contribution < 1.29 is 14.3 Å². The minimum atomic E-state index is -0.385. The van der Waals surface area contributed by atoms with E-state index in [-0.39, 0.29) is 5.97 Å². The number of rotatable bonds is 3. The van der Waals surface area contributed by atoms with Gasteiger partial charge >= 0.3 is 5.97 Å². The van der Waals surface area contributed by atoms with Crippen molar-refractivity contribution in [3.05, 3.63) is 36.4 Å². The van der Waals surface area contributed by atoms with Crippen LogP contribution in [0.2, 0.25) is 0 Å². The molecule has 0 fully saturated rings. The van der Waals surface area contributed by atoms with Crippen molar-refractivity contribution >= 4 is 17.6 Å². The fraction of sp³-hybridized carbons (Fsp3) is 0.167. The quantitative estimate of drug-likeness (QED) is 0.729. The molecule has 0 aliphatic carbocycles. The van der Waals surface area contributed by atoms with Crippen LogP contribution >= 0.6 is 0 Å². The maximum absolute atomic E-state index is 10.8. The molecule has 0 unspecified atom stereocenters. The summed E-state index contributed by atoms with van der Waals surface area (Å²) in [6.07, 6.45) is 2.88. The Balaban J connectivity index is 2.11. The zero-order chi connectivity index (χ0) is 11.4. The number of cyclic esters (lactones) is 1. The van der Waals surface area contributed by atoms with Gasteiger partial charge in [-0.3, -0.25) is 0 Å². The van der Waals surface area contributed by atoms with Crippen molar-refractivity contribution in [1.29, 1.82) is 0 Å². The standard InChI is InChI=1S/C12H11NO3/c1-2-15-10-5-3-9(4-6-10)13-11-7-8-12(14)16-11/h3-8H,2H2,1H3. The van der Waals surface area contributed by atoms with Crippen LogP contribution in [0.4, 0.5) is 5.69 Å². The van der Waals surface area contributed by atoms with Crippen molar-refractivity contribution in [2.24, 2.45) is 4.99 Å². The van der Waals surface area contributed by atoms with E-state index in [9.17, 15) is 4.79 Å². The van der Waals surface area contributed by atoms with Crippen LogP contribution in [-0.2, 0) is 9.53 Å². The predicted octanol–water partition coefficient (Wildman–Crippen LogP) is 2.23. The average Bonchev–Trinajstić information content (AvgIpc) is 2.67. The van der Waals surface area contributed by atoms with Gasteiger partial charge in [-0.2, -0.15) is 0 Å². The molecule has 0 amide bonds. The summed E-state index contributed by atoms with van der Waals surface area (Å²) in [7, 11) is 0. The van der Waals surface area contributed by atoms with Crippen molar-refractivity contribution in [2.75, 3.05) is 6.61 Å². The Morgan fingerprint density at radius 3 is 2.56 bits per heavy atom. The van der Waals surface area contributed by atoms with E-state index in [1.165, 1.54) is 6.08 Å². The molecule has 0 saturated heterocycles. The topological polar surface area (TPSA) is 47.9 Å². The van der Waals surface area contributed by atoms with Crippen molar-refractivity contribution in [3.63, 3.8) is 0 Å². The highest BCUT2D eigenvalue weighted by Gasteiger charge is 2.10. The first-order valence-electron chi connectivity index (χ1n) is 4.99. The highest BCUT2D eigenvalue weighted by molar-refractivity contribution is 6.08. The average molecular weight is 217 g/mol. The molecule has 4 heteroatoms. The van der Waals surface area contributed by atoms with Gasteiger partial charge in [-0.1, -0.05) is 0 Å². The number of aliphatic imine (C=N–C) groups is 1. The Labute approximate surface area is 93.2 Å². The van der Waals surface area contributed by atoms with Crippen molar-refractivity contribution in [3.8, 4) is 5.75 Å². The van der Waals surface area contributed by atoms with E-state index >= 15 is 0 Å². The fourth-order valence-electron chi connectivity index (χ4n) is 1.28. The Morgan fingerprint density at radius 2 is 2.00 bits per heavy atom. The zero-order valence-corrected chi connectivity index (χ0v) is 8.84. The van der Waals surface area contributed by atoms with Crippen molar-refractivity contribution in [2.45, 2.75) is 6.92 Å². The van der Waals surface area contributed by atoms with Crippen LogP contribution in [-0.4, -0.2) is 18.5 Å².